The Bertz CT molecular complexity index is 389. The van der Waals surface area contributed by atoms with Gasteiger partial charge in [0.15, 0.2) is 0 Å². The van der Waals surface area contributed by atoms with Crippen molar-refractivity contribution in [1.29, 1.82) is 0 Å². The van der Waals surface area contributed by atoms with Gasteiger partial charge in [0.25, 0.3) is 0 Å². The Morgan fingerprint density at radius 1 is 1.47 bits per heavy atom. The smallest absolute Gasteiger partial charge is 0.123 e. The van der Waals surface area contributed by atoms with Crippen molar-refractivity contribution in [3.05, 3.63) is 29.6 Å². The summed E-state index contributed by atoms with van der Waals surface area (Å²) in [5.74, 6) is 0.384. The van der Waals surface area contributed by atoms with E-state index in [0.29, 0.717) is 18.0 Å². The number of aromatic hydroxyl groups is 1. The summed E-state index contributed by atoms with van der Waals surface area (Å²) in [4.78, 5) is 0. The third-order valence-electron chi connectivity index (χ3n) is 3.63. The van der Waals surface area contributed by atoms with Crippen LogP contribution in [-0.4, -0.2) is 11.7 Å². The first-order valence-corrected chi connectivity index (χ1v) is 5.17. The van der Waals surface area contributed by atoms with Gasteiger partial charge in [-0.15, -0.1) is 0 Å². The molecule has 15 heavy (non-hydrogen) atoms. The Morgan fingerprint density at radius 2 is 2.13 bits per heavy atom. The fourth-order valence-corrected chi connectivity index (χ4v) is 2.58. The molecule has 0 unspecified atom stereocenters. The summed E-state index contributed by atoms with van der Waals surface area (Å²) in [6, 6.07) is 4.09. The van der Waals surface area contributed by atoms with Crippen molar-refractivity contribution in [2.45, 2.75) is 19.8 Å². The number of hydrogen-bond acceptors (Lipinski definition) is 2. The highest BCUT2D eigenvalue weighted by molar-refractivity contribution is 5.42. The first kappa shape index (κ1) is 10.4. The van der Waals surface area contributed by atoms with Gasteiger partial charge in [0.05, 0.1) is 0 Å². The largest absolute Gasteiger partial charge is 0.508 e. The lowest BCUT2D eigenvalue weighted by Crippen LogP contribution is -2.05. The zero-order valence-corrected chi connectivity index (χ0v) is 9.00. The fourth-order valence-electron chi connectivity index (χ4n) is 2.58. The maximum atomic E-state index is 13.1. The molecule has 82 valence electrons. The van der Waals surface area contributed by atoms with Crippen LogP contribution in [0.2, 0.25) is 0 Å². The number of phenols is 1. The normalized spacial score (nSPS) is 27.7. The zero-order valence-electron chi connectivity index (χ0n) is 9.00. The zero-order chi connectivity index (χ0) is 11.2. The predicted molar refractivity (Wildman–Crippen MR) is 57.1 cm³/mol. The van der Waals surface area contributed by atoms with Crippen LogP contribution < -0.4 is 5.73 Å². The van der Waals surface area contributed by atoms with Crippen LogP contribution >= 0.6 is 0 Å². The number of benzene rings is 1. The van der Waals surface area contributed by atoms with Gasteiger partial charge in [0, 0.05) is 5.56 Å². The van der Waals surface area contributed by atoms with Gasteiger partial charge < -0.3 is 10.8 Å². The third-order valence-corrected chi connectivity index (χ3v) is 3.63. The minimum Gasteiger partial charge on any atom is -0.508 e. The van der Waals surface area contributed by atoms with E-state index in [1.807, 2.05) is 0 Å². The summed E-state index contributed by atoms with van der Waals surface area (Å²) in [5.41, 5.74) is 6.41. The third kappa shape index (κ3) is 1.51. The predicted octanol–water partition coefficient (Wildman–Crippen LogP) is 2.23. The summed E-state index contributed by atoms with van der Waals surface area (Å²) >= 11 is 0. The van der Waals surface area contributed by atoms with Crippen molar-refractivity contribution in [2.24, 2.45) is 17.1 Å². The van der Waals surface area contributed by atoms with E-state index >= 15 is 0 Å². The molecular weight excluding hydrogens is 193 g/mol. The summed E-state index contributed by atoms with van der Waals surface area (Å²) in [6.45, 7) is 4.77. The number of halogens is 1. The Kier molecular flexibility index (Phi) is 2.23. The van der Waals surface area contributed by atoms with E-state index in [1.165, 1.54) is 18.2 Å². The molecule has 3 N–H and O–H groups in total. The molecule has 0 saturated heterocycles. The molecule has 0 bridgehead atoms. The lowest BCUT2D eigenvalue weighted by atomic mass is 10.0. The highest BCUT2D eigenvalue weighted by Gasteiger charge is 2.58. The Balaban J connectivity index is 2.36. The van der Waals surface area contributed by atoms with Crippen LogP contribution in [0.1, 0.15) is 25.3 Å². The van der Waals surface area contributed by atoms with E-state index in [0.717, 1.165) is 0 Å². The first-order valence-electron chi connectivity index (χ1n) is 5.17. The van der Waals surface area contributed by atoms with E-state index in [2.05, 4.69) is 13.8 Å². The van der Waals surface area contributed by atoms with Crippen LogP contribution in [0, 0.1) is 17.2 Å². The van der Waals surface area contributed by atoms with E-state index in [-0.39, 0.29) is 22.9 Å². The number of nitrogens with two attached hydrogens (primary N) is 1. The van der Waals surface area contributed by atoms with Gasteiger partial charge in [0.2, 0.25) is 0 Å². The molecule has 2 nitrogen and oxygen atoms in total. The van der Waals surface area contributed by atoms with Crippen LogP contribution in [-0.2, 0) is 0 Å². The van der Waals surface area contributed by atoms with Crippen LogP contribution in [0.15, 0.2) is 18.2 Å². The van der Waals surface area contributed by atoms with Gasteiger partial charge in [-0.2, -0.15) is 0 Å². The molecule has 1 aromatic carbocycles. The number of phenolic OH excluding ortho intramolecular Hbond substituents is 1. The molecule has 2 rings (SSSR count). The van der Waals surface area contributed by atoms with Gasteiger partial charge in [0.1, 0.15) is 11.6 Å². The van der Waals surface area contributed by atoms with E-state index in [4.69, 9.17) is 5.73 Å². The first-order chi connectivity index (χ1) is 6.98. The van der Waals surface area contributed by atoms with E-state index in [9.17, 15) is 9.50 Å². The molecule has 3 heteroatoms. The lowest BCUT2D eigenvalue weighted by molar-refractivity contribution is 0.461. The molecule has 1 fully saturated rings. The number of rotatable bonds is 2. The van der Waals surface area contributed by atoms with Gasteiger partial charge in [-0.25, -0.2) is 4.39 Å². The SMILES string of the molecule is CC1(C)[C@H](CN)[C@H]1c1cc(F)ccc1O. The molecule has 1 aromatic rings. The van der Waals surface area contributed by atoms with Gasteiger partial charge in [-0.05, 0) is 42.0 Å². The molecule has 0 spiro atoms. The van der Waals surface area contributed by atoms with Gasteiger partial charge in [-0.1, -0.05) is 13.8 Å². The Labute approximate surface area is 88.9 Å². The molecule has 1 saturated carbocycles. The maximum absolute atomic E-state index is 13.1. The van der Waals surface area contributed by atoms with Crippen molar-refractivity contribution in [3.63, 3.8) is 0 Å². The van der Waals surface area contributed by atoms with Crippen molar-refractivity contribution in [2.75, 3.05) is 6.54 Å². The fraction of sp³-hybridized carbons (Fsp3) is 0.500. The van der Waals surface area contributed by atoms with Crippen molar-refractivity contribution in [1.82, 2.24) is 0 Å². The quantitative estimate of drug-likeness (QED) is 0.784. The Hall–Kier alpha value is -1.09. The molecule has 0 radical (unpaired) electrons. The topological polar surface area (TPSA) is 46.2 Å². The average Bonchev–Trinajstić information content (AvgIpc) is 2.72. The molecule has 2 atom stereocenters. The molecule has 0 aliphatic heterocycles. The molecule has 0 aromatic heterocycles. The summed E-state index contributed by atoms with van der Waals surface area (Å²) in [7, 11) is 0. The standard InChI is InChI=1S/C12H16FNO/c1-12(2)9(6-14)11(12)8-5-7(13)3-4-10(8)15/h3-5,9,11,15H,6,14H2,1-2H3/t9-,11-/m1/s1. The molecule has 1 aliphatic rings. The average molecular weight is 209 g/mol. The van der Waals surface area contributed by atoms with Gasteiger partial charge in [-0.3, -0.25) is 0 Å². The summed E-state index contributed by atoms with van der Waals surface area (Å²) < 4.78 is 13.1. The maximum Gasteiger partial charge on any atom is 0.123 e. The minimum absolute atomic E-state index is 0.0695. The molecule has 0 heterocycles. The molecule has 1 aliphatic carbocycles. The highest BCUT2D eigenvalue weighted by atomic mass is 19.1. The summed E-state index contributed by atoms with van der Waals surface area (Å²) in [5, 5.41) is 9.68. The minimum atomic E-state index is -0.304. The van der Waals surface area contributed by atoms with E-state index in [1.54, 1.807) is 0 Å². The summed E-state index contributed by atoms with van der Waals surface area (Å²) in [6.07, 6.45) is 0. The van der Waals surface area contributed by atoms with Crippen LogP contribution in [0.4, 0.5) is 4.39 Å². The highest BCUT2D eigenvalue weighted by Crippen LogP contribution is 2.65. The second-order valence-corrected chi connectivity index (χ2v) is 4.84. The van der Waals surface area contributed by atoms with Crippen molar-refractivity contribution < 1.29 is 9.50 Å². The van der Waals surface area contributed by atoms with Crippen LogP contribution in [0.25, 0.3) is 0 Å². The molecular formula is C12H16FNO. The molecule has 0 amide bonds. The number of hydrogen-bond donors (Lipinski definition) is 2. The second-order valence-electron chi connectivity index (χ2n) is 4.84. The second kappa shape index (κ2) is 3.20. The van der Waals surface area contributed by atoms with Crippen molar-refractivity contribution in [3.8, 4) is 5.75 Å². The van der Waals surface area contributed by atoms with E-state index < -0.39 is 0 Å². The lowest BCUT2D eigenvalue weighted by Gasteiger charge is -2.05. The van der Waals surface area contributed by atoms with Crippen LogP contribution in [0.5, 0.6) is 5.75 Å². The van der Waals surface area contributed by atoms with Crippen LogP contribution in [0.3, 0.4) is 0 Å². The van der Waals surface area contributed by atoms with Crippen molar-refractivity contribution >= 4 is 0 Å². The van der Waals surface area contributed by atoms with Gasteiger partial charge >= 0.3 is 0 Å². The monoisotopic (exact) mass is 209 g/mol. The Morgan fingerprint density at radius 3 is 2.67 bits per heavy atom.